The van der Waals surface area contributed by atoms with Gasteiger partial charge in [0.05, 0.1) is 10.0 Å². The summed E-state index contributed by atoms with van der Waals surface area (Å²) in [7, 11) is 0. The zero-order chi connectivity index (χ0) is 20.9. The van der Waals surface area contributed by atoms with Gasteiger partial charge in [-0.25, -0.2) is 4.79 Å². The lowest BCUT2D eigenvalue weighted by Gasteiger charge is -2.28. The molecule has 0 radical (unpaired) electrons. The summed E-state index contributed by atoms with van der Waals surface area (Å²) < 4.78 is -1.06. The number of carbonyl (C=O) groups is 2. The third kappa shape index (κ3) is 5.53. The molecule has 0 aliphatic heterocycles. The van der Waals surface area contributed by atoms with Gasteiger partial charge in [-0.05, 0) is 49.0 Å². The molecule has 2 N–H and O–H groups in total. The molecule has 0 saturated heterocycles. The van der Waals surface area contributed by atoms with E-state index >= 15 is 0 Å². The van der Waals surface area contributed by atoms with Crippen molar-refractivity contribution >= 4 is 64.3 Å². The van der Waals surface area contributed by atoms with Gasteiger partial charge in [-0.15, -0.1) is 23.5 Å². The van der Waals surface area contributed by atoms with E-state index in [2.05, 4.69) is 5.32 Å². The minimum absolute atomic E-state index is 0.0548. The average Bonchev–Trinajstić information content (AvgIpc) is 2.69. The van der Waals surface area contributed by atoms with Crippen molar-refractivity contribution in [3.8, 4) is 0 Å². The topological polar surface area (TPSA) is 66.4 Å². The van der Waals surface area contributed by atoms with Crippen LogP contribution in [-0.2, 0) is 16.0 Å². The van der Waals surface area contributed by atoms with Crippen molar-refractivity contribution < 1.29 is 14.7 Å². The van der Waals surface area contributed by atoms with Crippen LogP contribution in [0.2, 0.25) is 10.0 Å². The van der Waals surface area contributed by atoms with Gasteiger partial charge in [0.2, 0.25) is 5.91 Å². The van der Waals surface area contributed by atoms with E-state index in [4.69, 9.17) is 23.2 Å². The molecule has 0 heterocycles. The summed E-state index contributed by atoms with van der Waals surface area (Å²) in [5, 5.41) is 13.4. The molecule has 1 saturated carbocycles. The highest BCUT2D eigenvalue weighted by atomic mass is 35.5. The van der Waals surface area contributed by atoms with E-state index in [9.17, 15) is 14.7 Å². The number of carbonyl (C=O) groups excluding carboxylic acids is 1. The van der Waals surface area contributed by atoms with Crippen LogP contribution >= 0.6 is 46.7 Å². The summed E-state index contributed by atoms with van der Waals surface area (Å²) in [6, 6.07) is 3.28. The fourth-order valence-corrected chi connectivity index (χ4v) is 5.64. The van der Waals surface area contributed by atoms with Crippen molar-refractivity contribution in [2.24, 2.45) is 11.8 Å². The van der Waals surface area contributed by atoms with Crippen molar-refractivity contribution in [3.63, 3.8) is 0 Å². The summed E-state index contributed by atoms with van der Waals surface area (Å²) >= 11 is 14.9. The van der Waals surface area contributed by atoms with Gasteiger partial charge >= 0.3 is 5.97 Å². The Bertz CT molecular complexity index is 720. The van der Waals surface area contributed by atoms with Crippen LogP contribution in [0.25, 0.3) is 0 Å². The maximum Gasteiger partial charge on any atom is 0.330 e. The normalized spacial score (nSPS) is 16.6. The first-order valence-corrected chi connectivity index (χ1v) is 12.6. The molecule has 156 valence electrons. The number of hydrogen-bond donors (Lipinski definition) is 2. The number of hydrogen-bond acceptors (Lipinski definition) is 4. The number of nitrogens with one attached hydrogen (secondary N) is 1. The Labute approximate surface area is 185 Å². The Balaban J connectivity index is 2.29. The SMILES string of the molecule is CSC(Cc1cc(Cl)c(Cl)cc1NC(=O)C(C)C1CCCCC1)(SC)C(=O)O. The van der Waals surface area contributed by atoms with E-state index < -0.39 is 10.0 Å². The molecule has 0 aromatic heterocycles. The van der Waals surface area contributed by atoms with E-state index in [1.807, 2.05) is 6.92 Å². The molecule has 1 unspecified atom stereocenters. The molecule has 1 amide bonds. The minimum atomic E-state index is -1.06. The van der Waals surface area contributed by atoms with E-state index in [1.165, 1.54) is 42.8 Å². The lowest BCUT2D eigenvalue weighted by molar-refractivity contribution is -0.137. The zero-order valence-corrected chi connectivity index (χ0v) is 19.5. The quantitative estimate of drug-likeness (QED) is 0.449. The molecule has 28 heavy (non-hydrogen) atoms. The summed E-state index contributed by atoms with van der Waals surface area (Å²) in [5.74, 6) is -0.685. The highest BCUT2D eigenvalue weighted by molar-refractivity contribution is 8.18. The highest BCUT2D eigenvalue weighted by Crippen LogP contribution is 2.41. The number of carboxylic acids is 1. The summed E-state index contributed by atoms with van der Waals surface area (Å²) in [6.07, 6.45) is 9.48. The Morgan fingerprint density at radius 2 is 1.75 bits per heavy atom. The van der Waals surface area contributed by atoms with Crippen molar-refractivity contribution in [2.45, 2.75) is 49.5 Å². The van der Waals surface area contributed by atoms with Gasteiger partial charge in [-0.3, -0.25) is 4.79 Å². The van der Waals surface area contributed by atoms with Crippen molar-refractivity contribution in [1.82, 2.24) is 0 Å². The van der Waals surface area contributed by atoms with E-state index in [0.717, 1.165) is 12.8 Å². The Kier molecular flexibility index (Phi) is 8.86. The smallest absolute Gasteiger partial charge is 0.330 e. The van der Waals surface area contributed by atoms with Gasteiger partial charge in [0, 0.05) is 18.0 Å². The monoisotopic (exact) mass is 463 g/mol. The molecule has 0 bridgehead atoms. The second kappa shape index (κ2) is 10.5. The summed E-state index contributed by atoms with van der Waals surface area (Å²) in [5.41, 5.74) is 1.21. The first-order chi connectivity index (χ1) is 13.2. The number of aliphatic carboxylic acids is 1. The van der Waals surface area contributed by atoms with E-state index in [0.29, 0.717) is 27.2 Å². The van der Waals surface area contributed by atoms with Crippen molar-refractivity contribution in [3.05, 3.63) is 27.7 Å². The van der Waals surface area contributed by atoms with Crippen LogP contribution in [0.5, 0.6) is 0 Å². The Morgan fingerprint density at radius 1 is 1.18 bits per heavy atom. The molecular formula is C20H27Cl2NO3S2. The second-order valence-electron chi connectivity index (χ2n) is 7.24. The van der Waals surface area contributed by atoms with Crippen LogP contribution in [0.1, 0.15) is 44.6 Å². The van der Waals surface area contributed by atoms with Gasteiger partial charge in [0.1, 0.15) is 0 Å². The molecule has 1 aromatic carbocycles. The van der Waals surface area contributed by atoms with Crippen LogP contribution in [0.3, 0.4) is 0 Å². The molecule has 1 atom stereocenters. The predicted molar refractivity (Wildman–Crippen MR) is 122 cm³/mol. The number of benzene rings is 1. The standard InChI is InChI=1S/C20H27Cl2NO3S2/c1-12(13-7-5-4-6-8-13)18(24)23-17-10-16(22)15(21)9-14(17)11-20(27-2,28-3)19(25)26/h9-10,12-13H,4-8,11H2,1-3H3,(H,23,24)(H,25,26). The average molecular weight is 464 g/mol. The maximum absolute atomic E-state index is 12.9. The predicted octanol–water partition coefficient (Wildman–Crippen LogP) is 6.20. The largest absolute Gasteiger partial charge is 0.480 e. The van der Waals surface area contributed by atoms with Gasteiger partial charge in [0.15, 0.2) is 4.08 Å². The lowest BCUT2D eigenvalue weighted by Crippen LogP contribution is -2.34. The van der Waals surface area contributed by atoms with Crippen LogP contribution in [-0.4, -0.2) is 33.6 Å². The molecule has 1 fully saturated rings. The fourth-order valence-electron chi connectivity index (χ4n) is 3.67. The third-order valence-electron chi connectivity index (χ3n) is 5.58. The summed E-state index contributed by atoms with van der Waals surface area (Å²) in [4.78, 5) is 24.8. The number of carboxylic acid groups (broad SMARTS) is 1. The van der Waals surface area contributed by atoms with Crippen LogP contribution in [0, 0.1) is 11.8 Å². The maximum atomic E-state index is 12.9. The number of anilines is 1. The highest BCUT2D eigenvalue weighted by Gasteiger charge is 2.38. The Morgan fingerprint density at radius 3 is 2.29 bits per heavy atom. The third-order valence-corrected chi connectivity index (χ3v) is 9.26. The van der Waals surface area contributed by atoms with Gasteiger partial charge in [0.25, 0.3) is 0 Å². The van der Waals surface area contributed by atoms with Gasteiger partial charge in [-0.1, -0.05) is 49.4 Å². The lowest BCUT2D eigenvalue weighted by atomic mass is 9.80. The molecule has 0 spiro atoms. The number of amides is 1. The van der Waals surface area contributed by atoms with Gasteiger partial charge in [-0.2, -0.15) is 0 Å². The van der Waals surface area contributed by atoms with Gasteiger partial charge < -0.3 is 10.4 Å². The zero-order valence-electron chi connectivity index (χ0n) is 16.4. The fraction of sp³-hybridized carbons (Fsp3) is 0.600. The van der Waals surface area contributed by atoms with E-state index in [-0.39, 0.29) is 18.2 Å². The van der Waals surface area contributed by atoms with Crippen molar-refractivity contribution in [2.75, 3.05) is 17.8 Å². The first kappa shape index (κ1) is 23.7. The first-order valence-electron chi connectivity index (χ1n) is 9.36. The molecule has 2 rings (SSSR count). The molecule has 1 aromatic rings. The van der Waals surface area contributed by atoms with Crippen LogP contribution in [0.15, 0.2) is 12.1 Å². The number of halogens is 2. The van der Waals surface area contributed by atoms with E-state index in [1.54, 1.807) is 24.6 Å². The molecule has 8 heteroatoms. The molecule has 4 nitrogen and oxygen atoms in total. The Hall–Kier alpha value is -0.560. The molecular weight excluding hydrogens is 437 g/mol. The minimum Gasteiger partial charge on any atom is -0.480 e. The van der Waals surface area contributed by atoms with Crippen LogP contribution in [0.4, 0.5) is 5.69 Å². The molecule has 1 aliphatic carbocycles. The number of thioether (sulfide) groups is 2. The second-order valence-corrected chi connectivity index (χ2v) is 10.5. The van der Waals surface area contributed by atoms with Crippen molar-refractivity contribution in [1.29, 1.82) is 0 Å². The summed E-state index contributed by atoms with van der Waals surface area (Å²) in [6.45, 7) is 1.97. The van der Waals surface area contributed by atoms with Crippen LogP contribution < -0.4 is 5.32 Å². The number of rotatable bonds is 8. The molecule has 1 aliphatic rings.